The first-order chi connectivity index (χ1) is 7.63. The largest absolute Gasteiger partial charge is 0.244 e. The van der Waals surface area contributed by atoms with Gasteiger partial charge in [-0.05, 0) is 26.0 Å². The van der Waals surface area contributed by atoms with Crippen LogP contribution in [-0.4, -0.2) is 15.5 Å². The summed E-state index contributed by atoms with van der Waals surface area (Å²) in [4.78, 5) is 5.86. The second-order valence-electron chi connectivity index (χ2n) is 3.94. The molecule has 2 rings (SSSR count). The van der Waals surface area contributed by atoms with Crippen LogP contribution in [0.2, 0.25) is 0 Å². The van der Waals surface area contributed by atoms with Crippen LogP contribution in [0.4, 0.5) is 5.69 Å². The van der Waals surface area contributed by atoms with E-state index in [4.69, 9.17) is 5.26 Å². The number of hydrogen-bond acceptors (Lipinski definition) is 4. The van der Waals surface area contributed by atoms with E-state index < -0.39 is 0 Å². The molecular formula is C12H12N2S2. The van der Waals surface area contributed by atoms with E-state index in [1.807, 2.05) is 30.0 Å². The molecule has 16 heavy (non-hydrogen) atoms. The van der Waals surface area contributed by atoms with E-state index in [2.05, 4.69) is 31.0 Å². The van der Waals surface area contributed by atoms with Gasteiger partial charge >= 0.3 is 0 Å². The van der Waals surface area contributed by atoms with Crippen LogP contribution in [-0.2, 0) is 0 Å². The van der Waals surface area contributed by atoms with Gasteiger partial charge < -0.3 is 0 Å². The molecule has 0 radical (unpaired) electrons. The molecule has 2 nitrogen and oxygen atoms in total. The fraction of sp³-hybridized carbons (Fsp3) is 0.333. The number of rotatable bonds is 1. The highest BCUT2D eigenvalue weighted by molar-refractivity contribution is 8.16. The van der Waals surface area contributed by atoms with Crippen molar-refractivity contribution in [2.45, 2.75) is 23.5 Å². The Morgan fingerprint density at radius 3 is 2.94 bits per heavy atom. The number of nitrogens with zero attached hydrogens (tertiary/aromatic N) is 2. The first kappa shape index (κ1) is 11.6. The van der Waals surface area contributed by atoms with Gasteiger partial charge in [-0.1, -0.05) is 23.9 Å². The first-order valence-electron chi connectivity index (χ1n) is 5.00. The highest BCUT2D eigenvalue weighted by Crippen LogP contribution is 2.45. The number of fused-ring (bicyclic) bond motifs is 1. The number of hydrogen-bond donors (Lipinski definition) is 0. The number of para-hydroxylation sites is 1. The van der Waals surface area contributed by atoms with Gasteiger partial charge in [0.2, 0.25) is 0 Å². The second-order valence-corrected chi connectivity index (χ2v) is 6.57. The van der Waals surface area contributed by atoms with Gasteiger partial charge in [-0.25, -0.2) is 4.99 Å². The first-order valence-corrected chi connectivity index (χ1v) is 6.80. The van der Waals surface area contributed by atoms with Crippen molar-refractivity contribution < 1.29 is 0 Å². The van der Waals surface area contributed by atoms with E-state index in [1.165, 1.54) is 16.7 Å². The van der Waals surface area contributed by atoms with E-state index in [1.54, 1.807) is 0 Å². The summed E-state index contributed by atoms with van der Waals surface area (Å²) in [6, 6.07) is 10.3. The molecule has 0 saturated carbocycles. The molecule has 0 bridgehead atoms. The van der Waals surface area contributed by atoms with E-state index >= 15 is 0 Å². The van der Waals surface area contributed by atoms with Gasteiger partial charge in [-0.15, -0.1) is 11.8 Å². The van der Waals surface area contributed by atoms with Crippen molar-refractivity contribution in [3.8, 4) is 6.07 Å². The molecule has 1 aromatic carbocycles. The number of thioether (sulfide) groups is 2. The summed E-state index contributed by atoms with van der Waals surface area (Å²) in [5, 5.41) is 9.67. The Labute approximate surface area is 104 Å². The van der Waals surface area contributed by atoms with Gasteiger partial charge in [0.25, 0.3) is 0 Å². The summed E-state index contributed by atoms with van der Waals surface area (Å²) in [5.41, 5.74) is 1.02. The van der Waals surface area contributed by atoms with Crippen LogP contribution < -0.4 is 0 Å². The summed E-state index contributed by atoms with van der Waals surface area (Å²) < 4.78 is -0.0319. The van der Waals surface area contributed by atoms with Crippen LogP contribution in [0.5, 0.6) is 0 Å². The van der Waals surface area contributed by atoms with Crippen molar-refractivity contribution in [3.05, 3.63) is 24.3 Å². The molecule has 0 fully saturated rings. The SMILES string of the molecule is CC1(C)Sc2ccccc2N=C1SCC#N. The Balaban J connectivity index is 2.36. The molecule has 1 aromatic rings. The standard InChI is InChI=1S/C12H12N2S2/c1-12(2)11(15-8-7-13)14-9-5-3-4-6-10(9)16-12/h3-6H,8H2,1-2H3. The fourth-order valence-electron chi connectivity index (χ4n) is 1.51. The lowest BCUT2D eigenvalue weighted by atomic mass is 10.2. The molecule has 0 spiro atoms. The van der Waals surface area contributed by atoms with Crippen molar-refractivity contribution >= 4 is 34.3 Å². The summed E-state index contributed by atoms with van der Waals surface area (Å²) in [6.07, 6.45) is 0. The summed E-state index contributed by atoms with van der Waals surface area (Å²) in [5.74, 6) is 0.463. The normalized spacial score (nSPS) is 17.2. The number of nitriles is 1. The molecule has 1 aliphatic rings. The van der Waals surface area contributed by atoms with Crippen LogP contribution in [0.1, 0.15) is 13.8 Å². The average molecular weight is 248 g/mol. The predicted octanol–water partition coefficient (Wildman–Crippen LogP) is 3.86. The molecule has 0 aromatic heterocycles. The zero-order valence-electron chi connectivity index (χ0n) is 9.23. The maximum absolute atomic E-state index is 8.63. The lowest BCUT2D eigenvalue weighted by Crippen LogP contribution is -2.27. The fourth-order valence-corrected chi connectivity index (χ4v) is 3.57. The zero-order chi connectivity index (χ0) is 11.6. The summed E-state index contributed by atoms with van der Waals surface area (Å²) >= 11 is 3.35. The molecule has 0 unspecified atom stereocenters. The van der Waals surface area contributed by atoms with E-state index in [0.717, 1.165) is 10.7 Å². The van der Waals surface area contributed by atoms with Gasteiger partial charge in [-0.2, -0.15) is 5.26 Å². The minimum Gasteiger partial charge on any atom is -0.244 e. The monoisotopic (exact) mass is 248 g/mol. The highest BCUT2D eigenvalue weighted by Gasteiger charge is 2.31. The quantitative estimate of drug-likeness (QED) is 0.757. The maximum atomic E-state index is 8.63. The maximum Gasteiger partial charge on any atom is 0.0908 e. The minimum atomic E-state index is -0.0319. The Kier molecular flexibility index (Phi) is 3.27. The number of benzene rings is 1. The second kappa shape index (κ2) is 4.52. The van der Waals surface area contributed by atoms with Crippen LogP contribution in [0, 0.1) is 11.3 Å². The topological polar surface area (TPSA) is 36.1 Å². The zero-order valence-corrected chi connectivity index (χ0v) is 10.9. The van der Waals surface area contributed by atoms with Crippen LogP contribution in [0.3, 0.4) is 0 Å². The van der Waals surface area contributed by atoms with Crippen LogP contribution in [0.25, 0.3) is 0 Å². The van der Waals surface area contributed by atoms with Crippen LogP contribution >= 0.6 is 23.5 Å². The third-order valence-corrected chi connectivity index (χ3v) is 4.79. The van der Waals surface area contributed by atoms with Gasteiger partial charge in [0.15, 0.2) is 0 Å². The third kappa shape index (κ3) is 2.26. The molecule has 4 heteroatoms. The van der Waals surface area contributed by atoms with Gasteiger partial charge in [0.1, 0.15) is 0 Å². The number of aliphatic imine (C=N–C) groups is 1. The van der Waals surface area contributed by atoms with Gasteiger partial charge in [-0.3, -0.25) is 0 Å². The Morgan fingerprint density at radius 1 is 1.44 bits per heavy atom. The smallest absolute Gasteiger partial charge is 0.0908 e. The van der Waals surface area contributed by atoms with Crippen molar-refractivity contribution in [3.63, 3.8) is 0 Å². The molecular weight excluding hydrogens is 236 g/mol. The average Bonchev–Trinajstić information content (AvgIpc) is 2.25. The van der Waals surface area contributed by atoms with E-state index in [9.17, 15) is 0 Å². The molecule has 1 heterocycles. The molecule has 0 atom stereocenters. The highest BCUT2D eigenvalue weighted by atomic mass is 32.2. The minimum absolute atomic E-state index is 0.0319. The van der Waals surface area contributed by atoms with E-state index in [0.29, 0.717) is 5.75 Å². The molecule has 82 valence electrons. The third-order valence-electron chi connectivity index (χ3n) is 2.24. The van der Waals surface area contributed by atoms with Crippen LogP contribution in [0.15, 0.2) is 34.2 Å². The molecule has 0 aliphatic carbocycles. The lowest BCUT2D eigenvalue weighted by molar-refractivity contribution is 0.954. The van der Waals surface area contributed by atoms with Crippen molar-refractivity contribution in [1.29, 1.82) is 5.26 Å². The molecule has 0 amide bonds. The predicted molar refractivity (Wildman–Crippen MR) is 71.5 cm³/mol. The van der Waals surface area contributed by atoms with Crippen molar-refractivity contribution in [1.82, 2.24) is 0 Å². The Bertz CT molecular complexity index is 472. The summed E-state index contributed by atoms with van der Waals surface area (Å²) in [7, 11) is 0. The van der Waals surface area contributed by atoms with Gasteiger partial charge in [0, 0.05) is 4.90 Å². The Hall–Kier alpha value is -0.920. The van der Waals surface area contributed by atoms with Crippen molar-refractivity contribution in [2.75, 3.05) is 5.75 Å². The lowest BCUT2D eigenvalue weighted by Gasteiger charge is -2.29. The summed E-state index contributed by atoms with van der Waals surface area (Å²) in [6.45, 7) is 4.30. The molecule has 0 N–H and O–H groups in total. The van der Waals surface area contributed by atoms with E-state index in [-0.39, 0.29) is 4.75 Å². The van der Waals surface area contributed by atoms with Crippen molar-refractivity contribution in [2.24, 2.45) is 4.99 Å². The Morgan fingerprint density at radius 2 is 2.19 bits per heavy atom. The molecule has 0 saturated heterocycles. The molecule has 1 aliphatic heterocycles. The van der Waals surface area contributed by atoms with Gasteiger partial charge in [0.05, 0.1) is 27.3 Å².